The van der Waals surface area contributed by atoms with Gasteiger partial charge in [-0.05, 0) is 86.9 Å². The fourth-order valence-corrected chi connectivity index (χ4v) is 14.7. The summed E-state index contributed by atoms with van der Waals surface area (Å²) in [4.78, 5) is 100. The molecule has 3 aliphatic rings. The Morgan fingerprint density at radius 2 is 0.707 bits per heavy atom. The minimum atomic E-state index is -3.29. The van der Waals surface area contributed by atoms with Crippen molar-refractivity contribution in [3.8, 4) is 0 Å². The third kappa shape index (κ3) is 50.5. The van der Waals surface area contributed by atoms with Crippen LogP contribution in [0.3, 0.4) is 0 Å². The molecular weight excluding hydrogens is 1630 g/mol. The summed E-state index contributed by atoms with van der Waals surface area (Å²) in [7, 11) is -1.99. The molecule has 0 radical (unpaired) electrons. The number of ether oxygens (including phenoxy) is 21. The molecule has 1 aromatic heterocycles. The molecule has 3 fully saturated rings. The average Bonchev–Trinajstić information content (AvgIpc) is 1.52. The Labute approximate surface area is 732 Å². The Morgan fingerprint density at radius 3 is 1.04 bits per heavy atom. The summed E-state index contributed by atoms with van der Waals surface area (Å²) in [6, 6.07) is 0. The molecule has 0 spiro atoms. The molecule has 0 bridgehead atoms. The van der Waals surface area contributed by atoms with Crippen molar-refractivity contribution in [1.82, 2.24) is 15.0 Å². The summed E-state index contributed by atoms with van der Waals surface area (Å²) in [5.41, 5.74) is -0.223. The van der Waals surface area contributed by atoms with E-state index < -0.39 is 31.9 Å². The molecule has 16 unspecified atom stereocenters. The van der Waals surface area contributed by atoms with Crippen LogP contribution < -0.4 is 4.89 Å². The molecule has 16 atom stereocenters. The number of carbonyl (C=O) groups excluding carboxylic acids is 7. The van der Waals surface area contributed by atoms with E-state index >= 15 is 0 Å². The van der Waals surface area contributed by atoms with Crippen LogP contribution in [0.1, 0.15) is 192 Å². The van der Waals surface area contributed by atoms with Crippen LogP contribution >= 0.6 is 7.57 Å². The van der Waals surface area contributed by atoms with Gasteiger partial charge < -0.3 is 113 Å². The van der Waals surface area contributed by atoms with Gasteiger partial charge in [-0.2, -0.15) is 0 Å². The van der Waals surface area contributed by atoms with E-state index in [2.05, 4.69) is 78.9 Å². The third-order valence-electron chi connectivity index (χ3n) is 23.0. The van der Waals surface area contributed by atoms with Gasteiger partial charge in [0.05, 0.1) is 189 Å². The largest absolute Gasteiger partial charge is 0.789 e. The third-order valence-corrected chi connectivity index (χ3v) is 24.1. The van der Waals surface area contributed by atoms with Gasteiger partial charge in [-0.3, -0.25) is 38.2 Å². The van der Waals surface area contributed by atoms with Crippen LogP contribution in [-0.2, 0) is 155 Å². The molecule has 123 heavy (non-hydrogen) atoms. The summed E-state index contributed by atoms with van der Waals surface area (Å²) in [5, 5.41) is 8.58. The lowest BCUT2D eigenvalue weighted by Gasteiger charge is -2.43. The monoisotopic (exact) mass is 1780 g/mol. The van der Waals surface area contributed by atoms with E-state index in [-0.39, 0.29) is 212 Å². The maximum absolute atomic E-state index is 14.2. The highest BCUT2D eigenvalue weighted by Crippen LogP contribution is 2.39. The zero-order chi connectivity index (χ0) is 89.9. The Kier molecular flexibility index (Phi) is 60.4. The van der Waals surface area contributed by atoms with Crippen LogP contribution in [0.15, 0.2) is 6.20 Å². The smallest absolute Gasteiger partial charge is 0.302 e. The van der Waals surface area contributed by atoms with Gasteiger partial charge in [0.25, 0.3) is 0 Å². The topological polar surface area (TPSA) is 386 Å². The molecule has 714 valence electrons. The minimum Gasteiger partial charge on any atom is -0.789 e. The average molecular weight is 1780 g/mol. The lowest BCUT2D eigenvalue weighted by atomic mass is 9.79. The number of esters is 3. The predicted octanol–water partition coefficient (Wildman–Crippen LogP) is 9.38. The molecule has 1 aromatic rings. The lowest BCUT2D eigenvalue weighted by Crippen LogP contribution is -2.48. The van der Waals surface area contributed by atoms with Crippen LogP contribution in [0, 0.1) is 58.7 Å². The van der Waals surface area contributed by atoms with Crippen LogP contribution in [0.2, 0.25) is 0 Å². The van der Waals surface area contributed by atoms with Crippen molar-refractivity contribution in [2.45, 2.75) is 236 Å². The standard InChI is InChI=1S/C88H155N3O31P/c1-65-68(4)82(59-116-74(10)92)120-85(71(65)7)113-54-51-107-48-45-104-42-39-101-32-20-25-78(95)28-36-110-62-88(57-81(98)24-16-15-18-31-91-58-77(89-90-91)23-17-19-35-119-123(14,99)100-13,63-111-37-29-79(96)26-21-33-102-40-43-105-46-49-108-52-55-114-86-72(8)66(2)69(5)83(121-86)60-117-75(11)93)64-112-38-30-80(97)27-22-34-103-41-44-106-47-50-109-53-56-115-87-73(9)67(3)70(6)84(122-87)61-118-76(12)94/h58,65-73,82-87H,14-57,59-64H2,1-13H3/q-1. The lowest BCUT2D eigenvalue weighted by molar-refractivity contribution is -0.258. The van der Waals surface area contributed by atoms with Crippen LogP contribution in [-0.4, -0.2) is 311 Å². The minimum absolute atomic E-state index is 0.00441. The van der Waals surface area contributed by atoms with Crippen molar-refractivity contribution in [2.75, 3.05) is 212 Å². The molecule has 0 N–H and O–H groups in total. The Hall–Kier alpha value is -4.31. The Morgan fingerprint density at radius 1 is 0.382 bits per heavy atom. The van der Waals surface area contributed by atoms with Crippen LogP contribution in [0.4, 0.5) is 0 Å². The molecule has 0 aliphatic carbocycles. The highest BCUT2D eigenvalue weighted by atomic mass is 31.2. The molecular formula is C88H155N3O31P-. The first-order valence-corrected chi connectivity index (χ1v) is 46.6. The number of hydrogen-bond acceptors (Lipinski definition) is 33. The van der Waals surface area contributed by atoms with Gasteiger partial charge in [-0.15, -0.1) is 5.10 Å². The van der Waals surface area contributed by atoms with E-state index in [0.29, 0.717) is 202 Å². The molecule has 0 amide bonds. The molecule has 35 heteroatoms. The van der Waals surface area contributed by atoms with Crippen molar-refractivity contribution >= 4 is 54.9 Å². The van der Waals surface area contributed by atoms with Gasteiger partial charge in [-0.25, -0.2) is 0 Å². The van der Waals surface area contributed by atoms with Crippen molar-refractivity contribution in [3.05, 3.63) is 11.9 Å². The molecule has 4 rings (SSSR count). The highest BCUT2D eigenvalue weighted by molar-refractivity contribution is 7.57. The van der Waals surface area contributed by atoms with Crippen molar-refractivity contribution in [1.29, 1.82) is 0 Å². The number of hydrogen-bond donors (Lipinski definition) is 0. The second-order valence-corrected chi connectivity index (χ2v) is 34.7. The molecule has 3 saturated heterocycles. The summed E-state index contributed by atoms with van der Waals surface area (Å²) in [6.45, 7) is 32.2. The summed E-state index contributed by atoms with van der Waals surface area (Å²) in [5.74, 6) is 0.861. The molecule has 4 heterocycles. The van der Waals surface area contributed by atoms with Crippen LogP contribution in [0.25, 0.3) is 0 Å². The number of Topliss-reactive ketones (excluding diaryl/α,β-unsaturated/α-hetero) is 4. The second kappa shape index (κ2) is 67.0. The number of nitrogens with zero attached hydrogens (tertiary/aromatic N) is 3. The van der Waals surface area contributed by atoms with Gasteiger partial charge >= 0.3 is 17.9 Å². The fraction of sp³-hybridized carbons (Fsp3) is 0.886. The van der Waals surface area contributed by atoms with E-state index in [1.165, 1.54) is 27.9 Å². The molecule has 0 aromatic carbocycles. The Balaban J connectivity index is 1.24. The zero-order valence-corrected chi connectivity index (χ0v) is 77.4. The Bertz CT molecular complexity index is 2800. The fourth-order valence-electron chi connectivity index (χ4n) is 14.2. The normalized spacial score (nSPS) is 23.9. The summed E-state index contributed by atoms with van der Waals surface area (Å²) >= 11 is 0. The maximum atomic E-state index is 14.2. The first-order chi connectivity index (χ1) is 59.1. The highest BCUT2D eigenvalue weighted by Gasteiger charge is 2.43. The van der Waals surface area contributed by atoms with E-state index in [1.807, 2.05) is 6.20 Å². The van der Waals surface area contributed by atoms with Gasteiger partial charge in [0.1, 0.15) is 43.0 Å². The summed E-state index contributed by atoms with van der Waals surface area (Å²) < 4.78 is 134. The van der Waals surface area contributed by atoms with E-state index in [9.17, 15) is 38.5 Å². The first kappa shape index (κ1) is 111. The number of aromatic nitrogens is 3. The van der Waals surface area contributed by atoms with Crippen molar-refractivity contribution in [3.63, 3.8) is 0 Å². The molecule has 3 aliphatic heterocycles. The number of rotatable bonds is 78. The first-order valence-electron chi connectivity index (χ1n) is 44.9. The van der Waals surface area contributed by atoms with Gasteiger partial charge in [-0.1, -0.05) is 80.2 Å². The predicted molar refractivity (Wildman–Crippen MR) is 453 cm³/mol. The van der Waals surface area contributed by atoms with E-state index in [1.54, 1.807) is 4.68 Å². The second-order valence-electron chi connectivity index (χ2n) is 32.8. The molecule has 34 nitrogen and oxygen atoms in total. The SMILES string of the molecule is C=P([O-])(OC)OCCCCc1cn(CCCCCC(=O)CC(COCCC(=O)CCCOCCOCCOCCOC2OC(COC(C)=O)C(C)C(C)C2C)(COCCC(=O)CCCOCCOCCOCCOC2OC(COC(C)=O)C(C)C(C)C2C)COCCC(=O)CCCOCCOCCOCCOC2OC(COC(C)=O)C(C)C(C)C2C)nn1. The maximum Gasteiger partial charge on any atom is 0.302 e. The number of aryl methyl sites for hydroxylation is 2. The van der Waals surface area contributed by atoms with E-state index in [4.69, 9.17) is 109 Å². The van der Waals surface area contributed by atoms with E-state index in [0.717, 1.165) is 25.0 Å². The number of carbonyl (C=O) groups is 7. The quantitative estimate of drug-likeness (QED) is 0.0253. The van der Waals surface area contributed by atoms with Gasteiger partial charge in [0, 0.05) is 143 Å². The van der Waals surface area contributed by atoms with Crippen molar-refractivity contribution in [2.24, 2.45) is 58.7 Å². The zero-order valence-electron chi connectivity index (χ0n) is 76.5. The number of unbranched alkanes of at least 4 members (excludes halogenated alkanes) is 3. The summed E-state index contributed by atoms with van der Waals surface area (Å²) in [6.07, 6.45) is 10.4. The van der Waals surface area contributed by atoms with Gasteiger partial charge in [0.2, 0.25) is 0 Å². The number of ketones is 4. The van der Waals surface area contributed by atoms with Gasteiger partial charge in [0.15, 0.2) is 18.9 Å². The van der Waals surface area contributed by atoms with Crippen LogP contribution in [0.5, 0.6) is 0 Å². The van der Waals surface area contributed by atoms with Crippen molar-refractivity contribution < 1.29 is 147 Å². The molecule has 0 saturated carbocycles.